The third-order valence-electron chi connectivity index (χ3n) is 3.57. The van der Waals surface area contributed by atoms with Crippen molar-refractivity contribution >= 4 is 45.2 Å². The van der Waals surface area contributed by atoms with Gasteiger partial charge in [-0.05, 0) is 12.7 Å². The van der Waals surface area contributed by atoms with Crippen molar-refractivity contribution in [3.63, 3.8) is 0 Å². The minimum atomic E-state index is 0.263. The fourth-order valence-corrected chi connectivity index (χ4v) is 3.96. The van der Waals surface area contributed by atoms with Crippen LogP contribution in [0.2, 0.25) is 0 Å². The number of carbonyl (C=O) groups is 1. The number of anilines is 1. The van der Waals surface area contributed by atoms with Crippen LogP contribution in [0.25, 0.3) is 10.3 Å². The molecule has 3 rings (SSSR count). The predicted octanol–water partition coefficient (Wildman–Crippen LogP) is 1.87. The molecule has 0 aliphatic carbocycles. The highest BCUT2D eigenvalue weighted by molar-refractivity contribution is 8.00. The van der Waals surface area contributed by atoms with Crippen molar-refractivity contribution < 1.29 is 4.79 Å². The van der Waals surface area contributed by atoms with Crippen molar-refractivity contribution in [1.82, 2.24) is 19.9 Å². The molecular weight excluding hydrogens is 306 g/mol. The maximum absolute atomic E-state index is 11.6. The number of nitrogens with zero attached hydrogens (tertiary/aromatic N) is 5. The Labute approximate surface area is 131 Å². The molecule has 0 spiro atoms. The molecule has 0 saturated carbocycles. The van der Waals surface area contributed by atoms with Crippen LogP contribution in [0.3, 0.4) is 0 Å². The van der Waals surface area contributed by atoms with Gasteiger partial charge in [0, 0.05) is 33.1 Å². The number of thiazole rings is 1. The monoisotopic (exact) mass is 323 g/mol. The van der Waals surface area contributed by atoms with Gasteiger partial charge in [-0.2, -0.15) is 0 Å². The van der Waals surface area contributed by atoms with Crippen molar-refractivity contribution in [3.05, 3.63) is 6.33 Å². The molecule has 1 fully saturated rings. The van der Waals surface area contributed by atoms with E-state index in [0.717, 1.165) is 46.6 Å². The van der Waals surface area contributed by atoms with Gasteiger partial charge in [0.25, 0.3) is 0 Å². The summed E-state index contributed by atoms with van der Waals surface area (Å²) in [5.74, 6) is 1.16. The van der Waals surface area contributed by atoms with Gasteiger partial charge < -0.3 is 9.80 Å². The Morgan fingerprint density at radius 1 is 1.48 bits per heavy atom. The summed E-state index contributed by atoms with van der Waals surface area (Å²) in [7, 11) is 2.00. The topological polar surface area (TPSA) is 62.2 Å². The van der Waals surface area contributed by atoms with E-state index in [1.807, 2.05) is 18.2 Å². The van der Waals surface area contributed by atoms with E-state index < -0.39 is 0 Å². The number of hydrogen-bond acceptors (Lipinski definition) is 7. The van der Waals surface area contributed by atoms with Crippen molar-refractivity contribution in [2.75, 3.05) is 37.8 Å². The molecule has 0 aromatic carbocycles. The maximum atomic E-state index is 11.6. The van der Waals surface area contributed by atoms with E-state index in [0.29, 0.717) is 6.42 Å². The molecule has 112 valence electrons. The van der Waals surface area contributed by atoms with E-state index in [1.165, 1.54) is 0 Å². The summed E-state index contributed by atoms with van der Waals surface area (Å²) in [6, 6.07) is 0. The molecule has 0 bridgehead atoms. The Balaban J connectivity index is 1.76. The van der Waals surface area contributed by atoms with E-state index in [-0.39, 0.29) is 5.91 Å². The van der Waals surface area contributed by atoms with Gasteiger partial charge in [0.05, 0.1) is 0 Å². The van der Waals surface area contributed by atoms with Crippen molar-refractivity contribution in [2.24, 2.45) is 0 Å². The van der Waals surface area contributed by atoms with Crippen LogP contribution < -0.4 is 4.90 Å². The second-order valence-electron chi connectivity index (χ2n) is 4.94. The molecule has 21 heavy (non-hydrogen) atoms. The third kappa shape index (κ3) is 2.96. The van der Waals surface area contributed by atoms with E-state index in [1.54, 1.807) is 29.4 Å². The minimum Gasteiger partial charge on any atom is -0.357 e. The lowest BCUT2D eigenvalue weighted by Gasteiger charge is -2.22. The van der Waals surface area contributed by atoms with Gasteiger partial charge >= 0.3 is 0 Å². The van der Waals surface area contributed by atoms with Crippen molar-refractivity contribution in [2.45, 2.75) is 17.2 Å². The van der Waals surface area contributed by atoms with Crippen LogP contribution in [-0.2, 0) is 4.79 Å². The number of rotatable bonds is 5. The summed E-state index contributed by atoms with van der Waals surface area (Å²) in [5.41, 5.74) is 0.749. The number of thioether (sulfide) groups is 1. The molecule has 1 aliphatic rings. The zero-order valence-corrected chi connectivity index (χ0v) is 13.7. The summed E-state index contributed by atoms with van der Waals surface area (Å²) in [6.45, 7) is 2.39. The quantitative estimate of drug-likeness (QED) is 0.783. The second-order valence-corrected chi connectivity index (χ2v) is 6.99. The first kappa shape index (κ1) is 14.5. The molecule has 3 heterocycles. The van der Waals surface area contributed by atoms with E-state index >= 15 is 0 Å². The molecule has 0 N–H and O–H groups in total. The smallest absolute Gasteiger partial charge is 0.222 e. The van der Waals surface area contributed by atoms with Gasteiger partial charge in [-0.3, -0.25) is 4.79 Å². The van der Waals surface area contributed by atoms with E-state index in [4.69, 9.17) is 0 Å². The van der Waals surface area contributed by atoms with Crippen LogP contribution in [0.15, 0.2) is 10.7 Å². The number of fused-ring (bicyclic) bond motifs is 1. The molecule has 1 amide bonds. The van der Waals surface area contributed by atoms with E-state index in [9.17, 15) is 4.79 Å². The minimum absolute atomic E-state index is 0.263. The largest absolute Gasteiger partial charge is 0.357 e. The Morgan fingerprint density at radius 3 is 3.05 bits per heavy atom. The van der Waals surface area contributed by atoms with Crippen LogP contribution in [0, 0.1) is 0 Å². The molecule has 8 heteroatoms. The van der Waals surface area contributed by atoms with Crippen molar-refractivity contribution in [3.8, 4) is 0 Å². The number of carbonyl (C=O) groups excluding carboxylic acids is 1. The average molecular weight is 323 g/mol. The van der Waals surface area contributed by atoms with Crippen LogP contribution in [0.1, 0.15) is 12.8 Å². The highest BCUT2D eigenvalue weighted by atomic mass is 32.2. The van der Waals surface area contributed by atoms with Gasteiger partial charge in [-0.25, -0.2) is 15.0 Å². The lowest BCUT2D eigenvalue weighted by molar-refractivity contribution is -0.127. The zero-order chi connectivity index (χ0) is 14.8. The molecule has 2 aromatic rings. The van der Waals surface area contributed by atoms with Crippen LogP contribution >= 0.6 is 23.1 Å². The second kappa shape index (κ2) is 6.15. The average Bonchev–Trinajstić information content (AvgIpc) is 3.09. The fraction of sp³-hybridized carbons (Fsp3) is 0.538. The van der Waals surface area contributed by atoms with Crippen LogP contribution in [-0.4, -0.2) is 58.7 Å². The van der Waals surface area contributed by atoms with Gasteiger partial charge in [-0.1, -0.05) is 11.8 Å². The third-order valence-corrected chi connectivity index (χ3v) is 5.59. The first-order chi connectivity index (χ1) is 10.2. The van der Waals surface area contributed by atoms with E-state index in [2.05, 4.69) is 19.9 Å². The zero-order valence-electron chi connectivity index (χ0n) is 12.1. The number of aromatic nitrogens is 3. The SMILES string of the molecule is CSc1nc2ncnc(N(C)CCN3CCCC3=O)c2s1. The van der Waals surface area contributed by atoms with Gasteiger partial charge in [0.1, 0.15) is 11.0 Å². The maximum Gasteiger partial charge on any atom is 0.222 e. The van der Waals surface area contributed by atoms with Crippen LogP contribution in [0.4, 0.5) is 5.82 Å². The summed E-state index contributed by atoms with van der Waals surface area (Å²) < 4.78 is 2.01. The summed E-state index contributed by atoms with van der Waals surface area (Å²) in [5, 5.41) is 0. The molecule has 1 saturated heterocycles. The molecule has 1 aliphatic heterocycles. The summed E-state index contributed by atoms with van der Waals surface area (Å²) in [6.07, 6.45) is 5.23. The molecule has 0 radical (unpaired) electrons. The molecule has 6 nitrogen and oxygen atoms in total. The number of likely N-dealkylation sites (N-methyl/N-ethyl adjacent to an activating group) is 1. The number of amides is 1. The Hall–Kier alpha value is -1.41. The molecule has 0 atom stereocenters. The Kier molecular flexibility index (Phi) is 4.25. The molecule has 2 aromatic heterocycles. The highest BCUT2D eigenvalue weighted by Crippen LogP contribution is 2.32. The normalized spacial score (nSPS) is 15.1. The Bertz CT molecular complexity index is 659. The van der Waals surface area contributed by atoms with Gasteiger partial charge in [0.15, 0.2) is 15.8 Å². The lowest BCUT2D eigenvalue weighted by Crippen LogP contribution is -2.34. The first-order valence-electron chi connectivity index (χ1n) is 6.83. The number of likely N-dealkylation sites (tertiary alicyclic amines) is 1. The standard InChI is InChI=1S/C13H17N5OS2/c1-17(6-7-18-5-3-4-9(18)19)12-10-11(14-8-15-12)16-13(20-2)21-10/h8H,3-7H2,1-2H3. The Morgan fingerprint density at radius 2 is 2.33 bits per heavy atom. The predicted molar refractivity (Wildman–Crippen MR) is 86.1 cm³/mol. The summed E-state index contributed by atoms with van der Waals surface area (Å²) >= 11 is 3.23. The molecule has 0 unspecified atom stereocenters. The lowest BCUT2D eigenvalue weighted by atomic mass is 10.4. The molecular formula is C13H17N5OS2. The van der Waals surface area contributed by atoms with Crippen LogP contribution in [0.5, 0.6) is 0 Å². The van der Waals surface area contributed by atoms with Gasteiger partial charge in [0.2, 0.25) is 5.91 Å². The first-order valence-corrected chi connectivity index (χ1v) is 8.87. The van der Waals surface area contributed by atoms with Crippen molar-refractivity contribution in [1.29, 1.82) is 0 Å². The van der Waals surface area contributed by atoms with Gasteiger partial charge in [-0.15, -0.1) is 11.3 Å². The number of hydrogen-bond donors (Lipinski definition) is 0. The summed E-state index contributed by atoms with van der Waals surface area (Å²) in [4.78, 5) is 28.7. The fourth-order valence-electron chi connectivity index (χ4n) is 2.40. The highest BCUT2D eigenvalue weighted by Gasteiger charge is 2.21.